The number of carbonyl (C=O) groups is 2. The van der Waals surface area contributed by atoms with Crippen LogP contribution >= 0.6 is 0 Å². The largest absolute Gasteiger partial charge is 0.326 e. The van der Waals surface area contributed by atoms with Gasteiger partial charge in [0.05, 0.1) is 4.90 Å². The number of amides is 2. The van der Waals surface area contributed by atoms with Gasteiger partial charge in [0.2, 0.25) is 21.8 Å². The van der Waals surface area contributed by atoms with Crippen molar-refractivity contribution in [3.05, 3.63) is 53.1 Å². The smallest absolute Gasteiger partial charge is 0.240 e. The summed E-state index contributed by atoms with van der Waals surface area (Å²) in [6.07, 6.45) is 3.76. The zero-order chi connectivity index (χ0) is 25.3. The summed E-state index contributed by atoms with van der Waals surface area (Å²) >= 11 is 0. The van der Waals surface area contributed by atoms with Gasteiger partial charge in [-0.05, 0) is 94.2 Å². The van der Waals surface area contributed by atoms with Crippen LogP contribution in [0.2, 0.25) is 0 Å². The van der Waals surface area contributed by atoms with Gasteiger partial charge in [0, 0.05) is 36.8 Å². The lowest BCUT2D eigenvalue weighted by Gasteiger charge is -2.28. The highest BCUT2D eigenvalue weighted by molar-refractivity contribution is 7.89. The van der Waals surface area contributed by atoms with Crippen molar-refractivity contribution in [1.82, 2.24) is 4.72 Å². The van der Waals surface area contributed by atoms with Crippen LogP contribution in [0.3, 0.4) is 0 Å². The molecule has 8 heteroatoms. The molecule has 1 aliphatic carbocycles. The van der Waals surface area contributed by atoms with E-state index in [9.17, 15) is 18.0 Å². The first-order chi connectivity index (χ1) is 16.5. The summed E-state index contributed by atoms with van der Waals surface area (Å²) in [6, 6.07) is 11.0. The van der Waals surface area contributed by atoms with Crippen LogP contribution in [0, 0.1) is 25.7 Å². The Morgan fingerprint density at radius 2 is 1.74 bits per heavy atom. The molecule has 1 aliphatic heterocycles. The fraction of sp³-hybridized carbons (Fsp3) is 0.481. The first-order valence-corrected chi connectivity index (χ1v) is 13.8. The van der Waals surface area contributed by atoms with Crippen molar-refractivity contribution in [3.8, 4) is 0 Å². The standard InChI is InChI=1S/C27H35N3O4S/c1-17-5-11-25(18(2)13-17)29-27(32)22-8-6-21(7-9-22)16-28-35(33,34)24-10-12-26-23(15-24)14-19(3)30(26)20(4)31/h5,10-13,15,19,21-22,28H,6-9,14,16H2,1-4H3,(H,29,32)/t19-,21?,22?/m1/s1. The molecular formula is C27H35N3O4S. The van der Waals surface area contributed by atoms with Gasteiger partial charge in [0.1, 0.15) is 0 Å². The van der Waals surface area contributed by atoms with Gasteiger partial charge in [-0.25, -0.2) is 13.1 Å². The summed E-state index contributed by atoms with van der Waals surface area (Å²) in [5.41, 5.74) is 4.74. The molecule has 0 radical (unpaired) electrons. The van der Waals surface area contributed by atoms with Crippen molar-refractivity contribution < 1.29 is 18.0 Å². The summed E-state index contributed by atoms with van der Waals surface area (Å²) in [5, 5.41) is 3.06. The van der Waals surface area contributed by atoms with Gasteiger partial charge in [-0.2, -0.15) is 0 Å². The minimum atomic E-state index is -3.65. The lowest BCUT2D eigenvalue weighted by molar-refractivity contribution is -0.121. The number of sulfonamides is 1. The van der Waals surface area contributed by atoms with E-state index in [1.165, 1.54) is 6.92 Å². The highest BCUT2D eigenvalue weighted by Crippen LogP contribution is 2.34. The quantitative estimate of drug-likeness (QED) is 0.621. The molecule has 0 saturated heterocycles. The Kier molecular flexibility index (Phi) is 7.33. The molecule has 1 heterocycles. The van der Waals surface area contributed by atoms with Crippen LogP contribution in [0.4, 0.5) is 11.4 Å². The highest BCUT2D eigenvalue weighted by atomic mass is 32.2. The third-order valence-electron chi connectivity index (χ3n) is 7.34. The van der Waals surface area contributed by atoms with Crippen LogP contribution in [0.25, 0.3) is 0 Å². The third kappa shape index (κ3) is 5.59. The molecule has 0 unspecified atom stereocenters. The van der Waals surface area contributed by atoms with Gasteiger partial charge in [-0.15, -0.1) is 0 Å². The number of nitrogens with one attached hydrogen (secondary N) is 2. The topological polar surface area (TPSA) is 95.6 Å². The first kappa shape index (κ1) is 25.4. The molecule has 1 saturated carbocycles. The van der Waals surface area contributed by atoms with Crippen molar-refractivity contribution in [2.24, 2.45) is 11.8 Å². The van der Waals surface area contributed by atoms with E-state index in [4.69, 9.17) is 0 Å². The highest BCUT2D eigenvalue weighted by Gasteiger charge is 2.31. The van der Waals surface area contributed by atoms with E-state index in [1.807, 2.05) is 32.9 Å². The van der Waals surface area contributed by atoms with E-state index in [0.29, 0.717) is 13.0 Å². The molecule has 2 N–H and O–H groups in total. The Balaban J connectivity index is 1.30. The number of nitrogens with zero attached hydrogens (tertiary/aromatic N) is 1. The third-order valence-corrected chi connectivity index (χ3v) is 8.76. The Bertz CT molecular complexity index is 1230. The molecule has 35 heavy (non-hydrogen) atoms. The molecule has 1 fully saturated rings. The van der Waals surface area contributed by atoms with Crippen LogP contribution in [0.1, 0.15) is 56.2 Å². The fourth-order valence-electron chi connectivity index (χ4n) is 5.38. The SMILES string of the molecule is CC(=O)N1c2ccc(S(=O)(=O)NCC3CCC(C(=O)Nc4ccc(C)cc4C)CC3)cc2C[C@H]1C. The van der Waals surface area contributed by atoms with Gasteiger partial charge in [-0.3, -0.25) is 9.59 Å². The Labute approximate surface area is 208 Å². The number of anilines is 2. The molecule has 0 bridgehead atoms. The number of rotatable bonds is 6. The molecule has 7 nitrogen and oxygen atoms in total. The van der Waals surface area contributed by atoms with Crippen molar-refractivity contribution >= 4 is 33.2 Å². The van der Waals surface area contributed by atoms with E-state index in [2.05, 4.69) is 16.1 Å². The maximum Gasteiger partial charge on any atom is 0.240 e. The van der Waals surface area contributed by atoms with Crippen LogP contribution in [0.5, 0.6) is 0 Å². The second-order valence-corrected chi connectivity index (χ2v) is 11.9. The predicted octanol–water partition coefficient (Wildman–Crippen LogP) is 4.32. The summed E-state index contributed by atoms with van der Waals surface area (Å²) in [5.74, 6) is 0.162. The Morgan fingerprint density at radius 1 is 1.03 bits per heavy atom. The van der Waals surface area contributed by atoms with Crippen molar-refractivity contribution in [2.45, 2.75) is 70.7 Å². The number of hydrogen-bond donors (Lipinski definition) is 2. The minimum Gasteiger partial charge on any atom is -0.326 e. The average molecular weight is 498 g/mol. The van der Waals surface area contributed by atoms with E-state index in [-0.39, 0.29) is 34.6 Å². The number of hydrogen-bond acceptors (Lipinski definition) is 4. The normalized spacial score (nSPS) is 22.1. The molecule has 2 aromatic rings. The molecule has 188 valence electrons. The second-order valence-electron chi connectivity index (χ2n) is 10.1. The Hall–Kier alpha value is -2.71. The monoisotopic (exact) mass is 497 g/mol. The van der Waals surface area contributed by atoms with Crippen LogP contribution in [-0.4, -0.2) is 32.8 Å². The molecule has 1 atom stereocenters. The average Bonchev–Trinajstić information content (AvgIpc) is 3.15. The van der Waals surface area contributed by atoms with Crippen molar-refractivity contribution in [1.29, 1.82) is 0 Å². The Morgan fingerprint density at radius 3 is 2.40 bits per heavy atom. The summed E-state index contributed by atoms with van der Waals surface area (Å²) in [7, 11) is -3.65. The van der Waals surface area contributed by atoms with Crippen molar-refractivity contribution in [2.75, 3.05) is 16.8 Å². The second kappa shape index (κ2) is 10.1. The molecular weight excluding hydrogens is 462 g/mol. The first-order valence-electron chi connectivity index (χ1n) is 12.4. The van der Waals surface area contributed by atoms with E-state index >= 15 is 0 Å². The van der Waals surface area contributed by atoms with Gasteiger partial charge < -0.3 is 10.2 Å². The number of aryl methyl sites for hydroxylation is 2. The van der Waals surface area contributed by atoms with Crippen LogP contribution in [0.15, 0.2) is 41.3 Å². The van der Waals surface area contributed by atoms with Gasteiger partial charge in [-0.1, -0.05) is 17.7 Å². The zero-order valence-corrected chi connectivity index (χ0v) is 21.7. The van der Waals surface area contributed by atoms with Crippen molar-refractivity contribution in [3.63, 3.8) is 0 Å². The lowest BCUT2D eigenvalue weighted by Crippen LogP contribution is -2.34. The minimum absolute atomic E-state index is 0.0238. The molecule has 0 aromatic heterocycles. The molecule has 0 spiro atoms. The van der Waals surface area contributed by atoms with E-state index < -0.39 is 10.0 Å². The molecule has 2 aromatic carbocycles. The summed E-state index contributed by atoms with van der Waals surface area (Å²) < 4.78 is 28.7. The summed E-state index contributed by atoms with van der Waals surface area (Å²) in [6.45, 7) is 7.88. The van der Waals surface area contributed by atoms with E-state index in [1.54, 1.807) is 23.1 Å². The number of carbonyl (C=O) groups excluding carboxylic acids is 2. The number of benzene rings is 2. The number of fused-ring (bicyclic) bond motifs is 1. The van der Waals surface area contributed by atoms with E-state index in [0.717, 1.165) is 53.7 Å². The van der Waals surface area contributed by atoms with Gasteiger partial charge >= 0.3 is 0 Å². The summed E-state index contributed by atoms with van der Waals surface area (Å²) in [4.78, 5) is 26.6. The molecule has 4 rings (SSSR count). The maximum atomic E-state index is 12.9. The molecule has 2 amide bonds. The molecule has 2 aliphatic rings. The fourth-order valence-corrected chi connectivity index (χ4v) is 6.55. The predicted molar refractivity (Wildman–Crippen MR) is 138 cm³/mol. The van der Waals surface area contributed by atoms with Gasteiger partial charge in [0.15, 0.2) is 0 Å². The lowest BCUT2D eigenvalue weighted by atomic mass is 9.81. The zero-order valence-electron chi connectivity index (χ0n) is 20.9. The van der Waals surface area contributed by atoms with Gasteiger partial charge in [0.25, 0.3) is 0 Å². The van der Waals surface area contributed by atoms with Crippen LogP contribution < -0.4 is 14.9 Å². The van der Waals surface area contributed by atoms with Crippen LogP contribution in [-0.2, 0) is 26.0 Å². The maximum absolute atomic E-state index is 12.9.